The highest BCUT2D eigenvalue weighted by Crippen LogP contribution is 2.25. The largest absolute Gasteiger partial charge is 0.492 e. The van der Waals surface area contributed by atoms with E-state index in [0.717, 1.165) is 11.1 Å². The van der Waals surface area contributed by atoms with Crippen molar-refractivity contribution in [3.8, 4) is 5.75 Å². The molecule has 0 aliphatic carbocycles. The summed E-state index contributed by atoms with van der Waals surface area (Å²) in [5, 5.41) is 15.0. The zero-order valence-electron chi connectivity index (χ0n) is 13.4. The van der Waals surface area contributed by atoms with Crippen LogP contribution in [0.1, 0.15) is 24.1 Å². The molecule has 23 heavy (non-hydrogen) atoms. The fourth-order valence-electron chi connectivity index (χ4n) is 2.24. The van der Waals surface area contributed by atoms with E-state index >= 15 is 0 Å². The van der Waals surface area contributed by atoms with Crippen molar-refractivity contribution in [3.63, 3.8) is 0 Å². The Kier molecular flexibility index (Phi) is 6.00. The molecule has 5 heteroatoms. The van der Waals surface area contributed by atoms with Gasteiger partial charge >= 0.3 is 6.03 Å². The van der Waals surface area contributed by atoms with Crippen molar-refractivity contribution in [3.05, 3.63) is 59.7 Å². The fourth-order valence-corrected chi connectivity index (χ4v) is 2.24. The first-order valence-electron chi connectivity index (χ1n) is 7.60. The van der Waals surface area contributed by atoms with Crippen LogP contribution in [0.3, 0.4) is 0 Å². The van der Waals surface area contributed by atoms with Crippen molar-refractivity contribution in [2.24, 2.45) is 0 Å². The Balaban J connectivity index is 2.07. The van der Waals surface area contributed by atoms with Gasteiger partial charge in [0.15, 0.2) is 0 Å². The maximum absolute atomic E-state index is 12.2. The summed E-state index contributed by atoms with van der Waals surface area (Å²) < 4.78 is 5.54. The van der Waals surface area contributed by atoms with Crippen molar-refractivity contribution < 1.29 is 14.6 Å². The molecule has 0 heterocycles. The molecule has 0 fully saturated rings. The number of aliphatic hydroxyl groups is 1. The topological polar surface area (TPSA) is 70.6 Å². The zero-order chi connectivity index (χ0) is 16.7. The van der Waals surface area contributed by atoms with Crippen LogP contribution >= 0.6 is 0 Å². The van der Waals surface area contributed by atoms with E-state index < -0.39 is 12.1 Å². The van der Waals surface area contributed by atoms with E-state index in [1.54, 1.807) is 6.07 Å². The molecule has 1 atom stereocenters. The second-order valence-corrected chi connectivity index (χ2v) is 5.18. The van der Waals surface area contributed by atoms with Crippen LogP contribution in [0.4, 0.5) is 10.5 Å². The quantitative estimate of drug-likeness (QED) is 0.766. The van der Waals surface area contributed by atoms with Crippen LogP contribution in [0, 0.1) is 6.92 Å². The number of benzene rings is 2. The Hall–Kier alpha value is -2.53. The Morgan fingerprint density at radius 2 is 1.96 bits per heavy atom. The number of hydrogen-bond acceptors (Lipinski definition) is 3. The average molecular weight is 314 g/mol. The Bertz CT molecular complexity index is 644. The molecule has 2 aromatic carbocycles. The van der Waals surface area contributed by atoms with Crippen LogP contribution < -0.4 is 15.4 Å². The van der Waals surface area contributed by atoms with Gasteiger partial charge < -0.3 is 20.5 Å². The minimum Gasteiger partial charge on any atom is -0.492 e. The summed E-state index contributed by atoms with van der Waals surface area (Å²) in [6.45, 7) is 4.19. The normalized spacial score (nSPS) is 11.6. The summed E-state index contributed by atoms with van der Waals surface area (Å²) in [4.78, 5) is 12.2. The van der Waals surface area contributed by atoms with Crippen LogP contribution in [-0.2, 0) is 0 Å². The molecule has 3 N–H and O–H groups in total. The van der Waals surface area contributed by atoms with Gasteiger partial charge in [0.05, 0.1) is 24.9 Å². The average Bonchev–Trinajstić information content (AvgIpc) is 2.56. The van der Waals surface area contributed by atoms with Gasteiger partial charge in [0.1, 0.15) is 5.75 Å². The lowest BCUT2D eigenvalue weighted by atomic mass is 10.1. The van der Waals surface area contributed by atoms with Gasteiger partial charge in [0, 0.05) is 0 Å². The molecule has 0 radical (unpaired) electrons. The highest BCUT2D eigenvalue weighted by Gasteiger charge is 2.14. The molecule has 0 saturated carbocycles. The van der Waals surface area contributed by atoms with E-state index in [9.17, 15) is 9.90 Å². The molecule has 0 aliphatic heterocycles. The van der Waals surface area contributed by atoms with Crippen molar-refractivity contribution in [2.75, 3.05) is 18.5 Å². The number of aryl methyl sites for hydroxylation is 1. The Labute approximate surface area is 136 Å². The molecule has 1 unspecified atom stereocenters. The lowest BCUT2D eigenvalue weighted by Gasteiger charge is -2.18. The number of urea groups is 1. The van der Waals surface area contributed by atoms with Gasteiger partial charge in [-0.1, -0.05) is 36.4 Å². The second kappa shape index (κ2) is 8.19. The highest BCUT2D eigenvalue weighted by atomic mass is 16.5. The van der Waals surface area contributed by atoms with E-state index in [1.807, 2.05) is 56.3 Å². The molecule has 122 valence electrons. The van der Waals surface area contributed by atoms with E-state index in [-0.39, 0.29) is 6.61 Å². The SMILES string of the molecule is CCOc1cc(C)ccc1NC(=O)NC(CO)c1ccccc1. The number of aliphatic hydroxyl groups excluding tert-OH is 1. The van der Waals surface area contributed by atoms with Gasteiger partial charge in [0.2, 0.25) is 0 Å². The molecule has 0 saturated heterocycles. The molecular weight excluding hydrogens is 292 g/mol. The summed E-state index contributed by atoms with van der Waals surface area (Å²) >= 11 is 0. The number of amides is 2. The maximum Gasteiger partial charge on any atom is 0.319 e. The second-order valence-electron chi connectivity index (χ2n) is 5.18. The summed E-state index contributed by atoms with van der Waals surface area (Å²) in [6.07, 6.45) is 0. The molecule has 2 rings (SSSR count). The third-order valence-corrected chi connectivity index (χ3v) is 3.37. The molecule has 0 spiro atoms. The molecule has 0 aromatic heterocycles. The first kappa shape index (κ1) is 16.8. The van der Waals surface area contributed by atoms with Gasteiger partial charge in [-0.3, -0.25) is 0 Å². The summed E-state index contributed by atoms with van der Waals surface area (Å²) in [5.41, 5.74) is 2.50. The van der Waals surface area contributed by atoms with Crippen LogP contribution in [0.25, 0.3) is 0 Å². The van der Waals surface area contributed by atoms with Gasteiger partial charge in [-0.25, -0.2) is 4.79 Å². The number of nitrogens with one attached hydrogen (secondary N) is 2. The van der Waals surface area contributed by atoms with Gasteiger partial charge in [-0.15, -0.1) is 0 Å². The van der Waals surface area contributed by atoms with Crippen LogP contribution in [-0.4, -0.2) is 24.4 Å². The van der Waals surface area contributed by atoms with E-state index in [1.165, 1.54) is 0 Å². The van der Waals surface area contributed by atoms with Crippen LogP contribution in [0.15, 0.2) is 48.5 Å². The number of carbonyl (C=O) groups excluding carboxylic acids is 1. The highest BCUT2D eigenvalue weighted by molar-refractivity contribution is 5.91. The first-order valence-corrected chi connectivity index (χ1v) is 7.60. The zero-order valence-corrected chi connectivity index (χ0v) is 13.4. The summed E-state index contributed by atoms with van der Waals surface area (Å²) in [7, 11) is 0. The molecule has 2 aromatic rings. The van der Waals surface area contributed by atoms with Crippen molar-refractivity contribution in [2.45, 2.75) is 19.9 Å². The van der Waals surface area contributed by atoms with Crippen molar-refractivity contribution in [1.29, 1.82) is 0 Å². The smallest absolute Gasteiger partial charge is 0.319 e. The van der Waals surface area contributed by atoms with Crippen molar-refractivity contribution in [1.82, 2.24) is 5.32 Å². The monoisotopic (exact) mass is 314 g/mol. The minimum atomic E-state index is -0.461. The number of carbonyl (C=O) groups is 1. The van der Waals surface area contributed by atoms with E-state index in [2.05, 4.69) is 10.6 Å². The number of ether oxygens (including phenoxy) is 1. The number of anilines is 1. The molecule has 0 aliphatic rings. The van der Waals surface area contributed by atoms with E-state index in [0.29, 0.717) is 18.0 Å². The third kappa shape index (κ3) is 4.72. The molecular formula is C18H22N2O3. The van der Waals surface area contributed by atoms with Gasteiger partial charge in [-0.05, 0) is 37.1 Å². The van der Waals surface area contributed by atoms with Crippen molar-refractivity contribution >= 4 is 11.7 Å². The van der Waals surface area contributed by atoms with Crippen LogP contribution in [0.5, 0.6) is 5.75 Å². The molecule has 5 nitrogen and oxygen atoms in total. The predicted octanol–water partition coefficient (Wildman–Crippen LogP) is 3.25. The van der Waals surface area contributed by atoms with Gasteiger partial charge in [-0.2, -0.15) is 0 Å². The van der Waals surface area contributed by atoms with Gasteiger partial charge in [0.25, 0.3) is 0 Å². The minimum absolute atomic E-state index is 0.177. The first-order chi connectivity index (χ1) is 11.1. The lowest BCUT2D eigenvalue weighted by molar-refractivity contribution is 0.225. The number of rotatable bonds is 6. The Morgan fingerprint density at radius 3 is 2.61 bits per heavy atom. The molecule has 2 amide bonds. The van der Waals surface area contributed by atoms with E-state index in [4.69, 9.17) is 4.74 Å². The molecule has 0 bridgehead atoms. The predicted molar refractivity (Wildman–Crippen MR) is 90.8 cm³/mol. The maximum atomic E-state index is 12.2. The third-order valence-electron chi connectivity index (χ3n) is 3.37. The summed E-state index contributed by atoms with van der Waals surface area (Å²) in [5.74, 6) is 0.628. The Morgan fingerprint density at radius 1 is 1.22 bits per heavy atom. The number of hydrogen-bond donors (Lipinski definition) is 3. The van der Waals surface area contributed by atoms with Crippen LogP contribution in [0.2, 0.25) is 0 Å². The fraction of sp³-hybridized carbons (Fsp3) is 0.278. The summed E-state index contributed by atoms with van der Waals surface area (Å²) in [6, 6.07) is 14.1. The standard InChI is InChI=1S/C18H22N2O3/c1-3-23-17-11-13(2)9-10-15(17)19-18(22)20-16(12-21)14-7-5-4-6-8-14/h4-11,16,21H,3,12H2,1-2H3,(H2,19,20,22). The lowest BCUT2D eigenvalue weighted by Crippen LogP contribution is -2.34.